The van der Waals surface area contributed by atoms with Crippen LogP contribution in [0.2, 0.25) is 18.1 Å². The molecule has 30 heavy (non-hydrogen) atoms. The number of carbonyl (C=O) groups excluding carboxylic acids is 1. The molecule has 1 fully saturated rings. The van der Waals surface area contributed by atoms with E-state index in [1.54, 1.807) is 12.3 Å². The van der Waals surface area contributed by atoms with Gasteiger partial charge in [-0.3, -0.25) is 5.32 Å². The van der Waals surface area contributed by atoms with Gasteiger partial charge in [0.15, 0.2) is 0 Å². The van der Waals surface area contributed by atoms with Crippen molar-refractivity contribution in [3.8, 4) is 5.75 Å². The fraction of sp³-hybridized carbons (Fsp3) is 0.500. The van der Waals surface area contributed by atoms with Crippen LogP contribution in [0.1, 0.15) is 57.9 Å². The van der Waals surface area contributed by atoms with E-state index in [9.17, 15) is 4.79 Å². The maximum absolute atomic E-state index is 12.3. The molecule has 1 aromatic heterocycles. The molecule has 1 aliphatic carbocycles. The summed E-state index contributed by atoms with van der Waals surface area (Å²) in [5.41, 5.74) is 1.38. The van der Waals surface area contributed by atoms with Gasteiger partial charge in [0.1, 0.15) is 17.7 Å². The zero-order valence-corrected chi connectivity index (χ0v) is 19.8. The number of hydrogen-bond donors (Lipinski definition) is 1. The SMILES string of the molecule is CC(C)(C)[Si](C)(C)Oc1ccc(NC(=O)OC2CCC(c3ccccc3)CC2)nc1. The van der Waals surface area contributed by atoms with Crippen molar-refractivity contribution in [2.24, 2.45) is 0 Å². The molecule has 2 aromatic rings. The second-order valence-corrected chi connectivity index (χ2v) is 14.4. The summed E-state index contributed by atoms with van der Waals surface area (Å²) in [7, 11) is -1.91. The van der Waals surface area contributed by atoms with Crippen LogP contribution in [0.5, 0.6) is 5.75 Å². The van der Waals surface area contributed by atoms with Gasteiger partial charge >= 0.3 is 6.09 Å². The Morgan fingerprint density at radius 1 is 1.03 bits per heavy atom. The highest BCUT2D eigenvalue weighted by Crippen LogP contribution is 2.37. The van der Waals surface area contributed by atoms with E-state index in [1.165, 1.54) is 5.56 Å². The van der Waals surface area contributed by atoms with Crippen molar-refractivity contribution < 1.29 is 14.0 Å². The molecule has 6 heteroatoms. The molecule has 1 heterocycles. The number of rotatable bonds is 5. The van der Waals surface area contributed by atoms with Gasteiger partial charge in [-0.05, 0) is 67.4 Å². The number of benzene rings is 1. The standard InChI is InChI=1S/C24H34N2O3Si/c1-24(2,3)30(4,5)29-21-15-16-22(25-17-21)26-23(27)28-20-13-11-19(12-14-20)18-9-7-6-8-10-18/h6-10,15-17,19-20H,11-14H2,1-5H3,(H,25,26,27). The first-order chi connectivity index (χ1) is 14.1. The monoisotopic (exact) mass is 426 g/mol. The molecule has 0 atom stereocenters. The van der Waals surface area contributed by atoms with E-state index < -0.39 is 14.4 Å². The molecular weight excluding hydrogens is 392 g/mol. The summed E-state index contributed by atoms with van der Waals surface area (Å²) >= 11 is 0. The minimum Gasteiger partial charge on any atom is -0.542 e. The van der Waals surface area contributed by atoms with Crippen LogP contribution in [-0.2, 0) is 4.74 Å². The van der Waals surface area contributed by atoms with Crippen LogP contribution < -0.4 is 9.74 Å². The van der Waals surface area contributed by atoms with Crippen molar-refractivity contribution in [3.63, 3.8) is 0 Å². The van der Waals surface area contributed by atoms with Crippen LogP contribution in [-0.4, -0.2) is 25.5 Å². The van der Waals surface area contributed by atoms with Gasteiger partial charge in [0.25, 0.3) is 8.32 Å². The number of pyridine rings is 1. The normalized spacial score (nSPS) is 19.8. The predicted molar refractivity (Wildman–Crippen MR) is 124 cm³/mol. The minimum absolute atomic E-state index is 0.0360. The largest absolute Gasteiger partial charge is 0.542 e. The number of amides is 1. The lowest BCUT2D eigenvalue weighted by atomic mass is 9.83. The van der Waals surface area contributed by atoms with E-state index in [0.29, 0.717) is 11.7 Å². The highest BCUT2D eigenvalue weighted by atomic mass is 28.4. The molecule has 1 amide bonds. The number of hydrogen-bond acceptors (Lipinski definition) is 4. The third-order valence-electron chi connectivity index (χ3n) is 6.36. The molecule has 0 spiro atoms. The van der Waals surface area contributed by atoms with Crippen LogP contribution in [0.4, 0.5) is 10.6 Å². The van der Waals surface area contributed by atoms with Gasteiger partial charge in [0.2, 0.25) is 0 Å². The summed E-state index contributed by atoms with van der Waals surface area (Å²) in [6.45, 7) is 11.0. The van der Waals surface area contributed by atoms with Crippen LogP contribution in [0.25, 0.3) is 0 Å². The smallest absolute Gasteiger partial charge is 0.413 e. The number of nitrogens with zero attached hydrogens (tertiary/aromatic N) is 1. The van der Waals surface area contributed by atoms with Gasteiger partial charge < -0.3 is 9.16 Å². The Morgan fingerprint density at radius 3 is 2.27 bits per heavy atom. The fourth-order valence-electron chi connectivity index (χ4n) is 3.49. The zero-order chi connectivity index (χ0) is 21.8. The molecule has 3 rings (SSSR count). The van der Waals surface area contributed by atoms with E-state index in [-0.39, 0.29) is 11.1 Å². The molecule has 162 valence electrons. The molecule has 0 aliphatic heterocycles. The average Bonchev–Trinajstić information content (AvgIpc) is 2.70. The Labute approximate surface area is 181 Å². The summed E-state index contributed by atoms with van der Waals surface area (Å²) in [6.07, 6.45) is 5.05. The van der Waals surface area contributed by atoms with Crippen LogP contribution in [0.3, 0.4) is 0 Å². The Morgan fingerprint density at radius 2 is 1.70 bits per heavy atom. The number of carbonyl (C=O) groups is 1. The minimum atomic E-state index is -1.91. The maximum Gasteiger partial charge on any atom is 0.413 e. The Hall–Kier alpha value is -2.34. The summed E-state index contributed by atoms with van der Waals surface area (Å²) in [5, 5.41) is 2.85. The maximum atomic E-state index is 12.3. The van der Waals surface area contributed by atoms with Crippen molar-refractivity contribution >= 4 is 20.2 Å². The van der Waals surface area contributed by atoms with Crippen molar-refractivity contribution in [1.82, 2.24) is 4.98 Å². The van der Waals surface area contributed by atoms with Gasteiger partial charge in [0, 0.05) is 0 Å². The first-order valence-electron chi connectivity index (χ1n) is 10.8. The lowest BCUT2D eigenvalue weighted by Crippen LogP contribution is -2.43. The first-order valence-corrected chi connectivity index (χ1v) is 13.7. The number of aromatic nitrogens is 1. The van der Waals surface area contributed by atoms with Gasteiger partial charge in [-0.2, -0.15) is 0 Å². The Balaban J connectivity index is 1.46. The third-order valence-corrected chi connectivity index (χ3v) is 10.7. The third kappa shape index (κ3) is 5.85. The van der Waals surface area contributed by atoms with Gasteiger partial charge in [-0.25, -0.2) is 9.78 Å². The van der Waals surface area contributed by atoms with E-state index in [0.717, 1.165) is 31.4 Å². The van der Waals surface area contributed by atoms with E-state index in [1.807, 2.05) is 12.1 Å². The van der Waals surface area contributed by atoms with E-state index in [4.69, 9.17) is 9.16 Å². The summed E-state index contributed by atoms with van der Waals surface area (Å²) in [5.74, 6) is 1.77. The Bertz CT molecular complexity index is 824. The zero-order valence-electron chi connectivity index (χ0n) is 18.8. The van der Waals surface area contributed by atoms with Gasteiger partial charge in [-0.1, -0.05) is 51.1 Å². The highest BCUT2D eigenvalue weighted by molar-refractivity contribution is 6.74. The number of anilines is 1. The second-order valence-electron chi connectivity index (χ2n) is 9.66. The van der Waals surface area contributed by atoms with Crippen molar-refractivity contribution in [2.45, 2.75) is 76.6 Å². The summed E-state index contributed by atoms with van der Waals surface area (Å²) in [6, 6.07) is 14.2. The van der Waals surface area contributed by atoms with Crippen molar-refractivity contribution in [3.05, 3.63) is 54.2 Å². The molecular formula is C24H34N2O3Si. The van der Waals surface area contributed by atoms with Gasteiger partial charge in [-0.15, -0.1) is 0 Å². The Kier molecular flexibility index (Phi) is 6.86. The van der Waals surface area contributed by atoms with Gasteiger partial charge in [0.05, 0.1) is 6.20 Å². The summed E-state index contributed by atoms with van der Waals surface area (Å²) < 4.78 is 11.8. The molecule has 1 saturated carbocycles. The lowest BCUT2D eigenvalue weighted by Gasteiger charge is -2.36. The number of nitrogens with one attached hydrogen (secondary N) is 1. The van der Waals surface area contributed by atoms with Crippen molar-refractivity contribution in [2.75, 3.05) is 5.32 Å². The molecule has 0 bridgehead atoms. The predicted octanol–water partition coefficient (Wildman–Crippen LogP) is 6.74. The summed E-state index contributed by atoms with van der Waals surface area (Å²) in [4.78, 5) is 16.6. The average molecular weight is 427 g/mol. The lowest BCUT2D eigenvalue weighted by molar-refractivity contribution is 0.0821. The molecule has 1 aromatic carbocycles. The van der Waals surface area contributed by atoms with Crippen LogP contribution in [0.15, 0.2) is 48.7 Å². The highest BCUT2D eigenvalue weighted by Gasteiger charge is 2.39. The molecule has 1 N–H and O–H groups in total. The topological polar surface area (TPSA) is 60.5 Å². The molecule has 0 radical (unpaired) electrons. The fourth-order valence-corrected chi connectivity index (χ4v) is 4.50. The van der Waals surface area contributed by atoms with E-state index in [2.05, 4.69) is 68.4 Å². The molecule has 5 nitrogen and oxygen atoms in total. The quantitative estimate of drug-likeness (QED) is 0.538. The molecule has 1 aliphatic rings. The van der Waals surface area contributed by atoms with Crippen LogP contribution in [0, 0.1) is 0 Å². The second kappa shape index (κ2) is 9.21. The van der Waals surface area contributed by atoms with E-state index >= 15 is 0 Å². The van der Waals surface area contributed by atoms with Crippen molar-refractivity contribution in [1.29, 1.82) is 0 Å². The first kappa shape index (κ1) is 22.3. The molecule has 0 unspecified atom stereocenters. The van der Waals surface area contributed by atoms with Crippen LogP contribution >= 0.6 is 0 Å². The number of ether oxygens (including phenoxy) is 1. The molecule has 0 saturated heterocycles.